The highest BCUT2D eigenvalue weighted by Crippen LogP contribution is 2.04. The molecule has 0 aliphatic rings. The van der Waals surface area contributed by atoms with Crippen LogP contribution in [-0.4, -0.2) is 42.1 Å². The number of urea groups is 1. The monoisotopic (exact) mass is 287 g/mol. The van der Waals surface area contributed by atoms with Gasteiger partial charge in [0.1, 0.15) is 6.04 Å². The normalized spacial score (nSPS) is 11.8. The van der Waals surface area contributed by atoms with E-state index in [1.54, 1.807) is 0 Å². The SMILES string of the molecule is CCCNC(=O)CCNC(=O)NC(CC(C)C)C(=O)O. The van der Waals surface area contributed by atoms with Gasteiger partial charge in [0.05, 0.1) is 0 Å². The van der Waals surface area contributed by atoms with Gasteiger partial charge in [-0.15, -0.1) is 0 Å². The maximum Gasteiger partial charge on any atom is 0.326 e. The van der Waals surface area contributed by atoms with E-state index in [2.05, 4.69) is 16.0 Å². The minimum Gasteiger partial charge on any atom is -0.480 e. The summed E-state index contributed by atoms with van der Waals surface area (Å²) in [5, 5.41) is 16.5. The first-order valence-electron chi connectivity index (χ1n) is 6.90. The highest BCUT2D eigenvalue weighted by atomic mass is 16.4. The van der Waals surface area contributed by atoms with Gasteiger partial charge in [-0.1, -0.05) is 20.8 Å². The minimum atomic E-state index is -1.06. The average molecular weight is 287 g/mol. The van der Waals surface area contributed by atoms with Gasteiger partial charge in [-0.3, -0.25) is 4.79 Å². The Kier molecular flexibility index (Phi) is 9.15. The van der Waals surface area contributed by atoms with E-state index in [9.17, 15) is 14.4 Å². The lowest BCUT2D eigenvalue weighted by Crippen LogP contribution is -2.47. The molecule has 0 radical (unpaired) electrons. The Bertz CT molecular complexity index is 332. The van der Waals surface area contributed by atoms with E-state index in [1.807, 2.05) is 20.8 Å². The molecule has 0 rings (SSSR count). The quantitative estimate of drug-likeness (QED) is 0.500. The molecule has 0 bridgehead atoms. The summed E-state index contributed by atoms with van der Waals surface area (Å²) < 4.78 is 0. The third-order valence-corrected chi connectivity index (χ3v) is 2.52. The number of carboxylic acid groups (broad SMARTS) is 1. The summed E-state index contributed by atoms with van der Waals surface area (Å²) in [5.41, 5.74) is 0. The summed E-state index contributed by atoms with van der Waals surface area (Å²) in [6.45, 7) is 6.50. The molecule has 0 spiro atoms. The maximum absolute atomic E-state index is 11.5. The smallest absolute Gasteiger partial charge is 0.326 e. The first kappa shape index (κ1) is 18.2. The van der Waals surface area contributed by atoms with Crippen molar-refractivity contribution < 1.29 is 19.5 Å². The third-order valence-electron chi connectivity index (χ3n) is 2.52. The second kappa shape index (κ2) is 10.1. The van der Waals surface area contributed by atoms with Crippen LogP contribution in [0.5, 0.6) is 0 Å². The van der Waals surface area contributed by atoms with Crippen LogP contribution in [0.1, 0.15) is 40.0 Å². The topological polar surface area (TPSA) is 108 Å². The Labute approximate surface area is 119 Å². The Balaban J connectivity index is 3.96. The van der Waals surface area contributed by atoms with Crippen LogP contribution in [0, 0.1) is 5.92 Å². The van der Waals surface area contributed by atoms with E-state index in [0.717, 1.165) is 6.42 Å². The van der Waals surface area contributed by atoms with Gasteiger partial charge in [-0.05, 0) is 18.8 Å². The molecule has 7 nitrogen and oxygen atoms in total. The van der Waals surface area contributed by atoms with E-state index in [1.165, 1.54) is 0 Å². The van der Waals surface area contributed by atoms with Crippen molar-refractivity contribution in [3.63, 3.8) is 0 Å². The second-order valence-corrected chi connectivity index (χ2v) is 5.02. The zero-order valence-corrected chi connectivity index (χ0v) is 12.4. The summed E-state index contributed by atoms with van der Waals surface area (Å²) >= 11 is 0. The van der Waals surface area contributed by atoms with E-state index >= 15 is 0 Å². The standard InChI is InChI=1S/C13H25N3O4/c1-4-6-14-11(17)5-7-15-13(20)16-10(12(18)19)8-9(2)3/h9-10H,4-8H2,1-3H3,(H,14,17)(H,18,19)(H2,15,16,20). The summed E-state index contributed by atoms with van der Waals surface area (Å²) in [6, 6.07) is -1.48. The summed E-state index contributed by atoms with van der Waals surface area (Å²) in [6.07, 6.45) is 1.39. The highest BCUT2D eigenvalue weighted by Gasteiger charge is 2.20. The molecule has 0 heterocycles. The van der Waals surface area contributed by atoms with E-state index < -0.39 is 18.0 Å². The van der Waals surface area contributed by atoms with Crippen LogP contribution in [0.2, 0.25) is 0 Å². The molecule has 20 heavy (non-hydrogen) atoms. The maximum atomic E-state index is 11.5. The number of carbonyl (C=O) groups is 3. The van der Waals surface area contributed by atoms with Gasteiger partial charge in [0.2, 0.25) is 5.91 Å². The number of aliphatic carboxylic acids is 1. The Morgan fingerprint density at radius 3 is 2.25 bits per heavy atom. The number of carboxylic acids is 1. The average Bonchev–Trinajstić information content (AvgIpc) is 2.34. The van der Waals surface area contributed by atoms with E-state index in [0.29, 0.717) is 13.0 Å². The number of rotatable bonds is 9. The molecule has 1 atom stereocenters. The highest BCUT2D eigenvalue weighted by molar-refractivity contribution is 5.83. The Morgan fingerprint density at radius 1 is 1.10 bits per heavy atom. The van der Waals surface area contributed by atoms with Crippen molar-refractivity contribution in [2.24, 2.45) is 5.92 Å². The Hall–Kier alpha value is -1.79. The van der Waals surface area contributed by atoms with Crippen LogP contribution in [0.4, 0.5) is 4.79 Å². The molecule has 7 heteroatoms. The number of carbonyl (C=O) groups excluding carboxylic acids is 2. The van der Waals surface area contributed by atoms with Gasteiger partial charge in [0.25, 0.3) is 0 Å². The van der Waals surface area contributed by atoms with Crippen LogP contribution in [0.25, 0.3) is 0 Å². The molecule has 4 N–H and O–H groups in total. The number of hydrogen-bond donors (Lipinski definition) is 4. The molecule has 0 saturated carbocycles. The zero-order chi connectivity index (χ0) is 15.5. The second-order valence-electron chi connectivity index (χ2n) is 5.02. The molecule has 0 fully saturated rings. The molecule has 0 aromatic rings. The largest absolute Gasteiger partial charge is 0.480 e. The van der Waals surface area contributed by atoms with Gasteiger partial charge in [-0.2, -0.15) is 0 Å². The fourth-order valence-corrected chi connectivity index (χ4v) is 1.54. The molecular formula is C13H25N3O4. The van der Waals surface area contributed by atoms with Crippen molar-refractivity contribution in [2.45, 2.75) is 46.1 Å². The van der Waals surface area contributed by atoms with Crippen LogP contribution >= 0.6 is 0 Å². The van der Waals surface area contributed by atoms with Crippen LogP contribution < -0.4 is 16.0 Å². The van der Waals surface area contributed by atoms with Crippen molar-refractivity contribution in [3.8, 4) is 0 Å². The molecule has 0 aliphatic heterocycles. The number of hydrogen-bond acceptors (Lipinski definition) is 3. The van der Waals surface area contributed by atoms with Crippen LogP contribution in [0.15, 0.2) is 0 Å². The predicted molar refractivity (Wildman–Crippen MR) is 75.3 cm³/mol. The van der Waals surface area contributed by atoms with Crippen LogP contribution in [-0.2, 0) is 9.59 Å². The fraction of sp³-hybridized carbons (Fsp3) is 0.769. The van der Waals surface area contributed by atoms with Crippen LogP contribution in [0.3, 0.4) is 0 Å². The van der Waals surface area contributed by atoms with E-state index in [-0.39, 0.29) is 24.8 Å². The lowest BCUT2D eigenvalue weighted by Gasteiger charge is -2.16. The van der Waals surface area contributed by atoms with Gasteiger partial charge < -0.3 is 21.1 Å². The lowest BCUT2D eigenvalue weighted by atomic mass is 10.0. The Morgan fingerprint density at radius 2 is 1.75 bits per heavy atom. The summed E-state index contributed by atoms with van der Waals surface area (Å²) in [4.78, 5) is 33.8. The van der Waals surface area contributed by atoms with Gasteiger partial charge in [0, 0.05) is 19.5 Å². The fourth-order valence-electron chi connectivity index (χ4n) is 1.54. The van der Waals surface area contributed by atoms with Gasteiger partial charge >= 0.3 is 12.0 Å². The van der Waals surface area contributed by atoms with Gasteiger partial charge in [0.15, 0.2) is 0 Å². The van der Waals surface area contributed by atoms with Crippen molar-refractivity contribution in [1.82, 2.24) is 16.0 Å². The first-order valence-corrected chi connectivity index (χ1v) is 6.90. The predicted octanol–water partition coefficient (Wildman–Crippen LogP) is 0.701. The molecule has 0 aromatic heterocycles. The molecule has 0 saturated heterocycles. The first-order chi connectivity index (χ1) is 9.36. The molecule has 0 aromatic carbocycles. The van der Waals surface area contributed by atoms with E-state index in [4.69, 9.17) is 5.11 Å². The van der Waals surface area contributed by atoms with Crippen molar-refractivity contribution in [3.05, 3.63) is 0 Å². The number of nitrogens with one attached hydrogen (secondary N) is 3. The molecular weight excluding hydrogens is 262 g/mol. The van der Waals surface area contributed by atoms with Gasteiger partial charge in [-0.25, -0.2) is 9.59 Å². The molecule has 1 unspecified atom stereocenters. The summed E-state index contributed by atoms with van der Waals surface area (Å²) in [5.74, 6) is -1.03. The van der Waals surface area contributed by atoms with Crippen molar-refractivity contribution in [1.29, 1.82) is 0 Å². The lowest BCUT2D eigenvalue weighted by molar-refractivity contribution is -0.139. The minimum absolute atomic E-state index is 0.135. The van der Waals surface area contributed by atoms with Crippen molar-refractivity contribution in [2.75, 3.05) is 13.1 Å². The summed E-state index contributed by atoms with van der Waals surface area (Å²) in [7, 11) is 0. The third kappa shape index (κ3) is 9.18. The molecule has 0 aliphatic carbocycles. The number of amides is 3. The molecule has 3 amide bonds. The zero-order valence-electron chi connectivity index (χ0n) is 12.4. The molecule has 116 valence electrons. The van der Waals surface area contributed by atoms with Crippen molar-refractivity contribution >= 4 is 17.9 Å².